The molecule has 218 valence electrons. The van der Waals surface area contributed by atoms with E-state index in [1.807, 2.05) is 0 Å². The summed E-state index contributed by atoms with van der Waals surface area (Å²) < 4.78 is 12.1. The van der Waals surface area contributed by atoms with Gasteiger partial charge in [0, 0.05) is 41.3 Å². The van der Waals surface area contributed by atoms with Gasteiger partial charge >= 0.3 is 0 Å². The van der Waals surface area contributed by atoms with E-state index in [0.29, 0.717) is 0 Å². The van der Waals surface area contributed by atoms with Gasteiger partial charge in [0.25, 0.3) is 0 Å². The minimum Gasteiger partial charge on any atom is -0.508 e. The van der Waals surface area contributed by atoms with Gasteiger partial charge in [0.1, 0.15) is 46.7 Å². The van der Waals surface area contributed by atoms with Crippen LogP contribution >= 0.6 is 0 Å². The maximum absolute atomic E-state index is 11.8. The summed E-state index contributed by atoms with van der Waals surface area (Å²) >= 11 is 0. The molecule has 0 spiro atoms. The number of aromatic hydroxyl groups is 8. The number of aliphatic hydroxyl groups is 2. The highest BCUT2D eigenvalue weighted by molar-refractivity contribution is 5.65. The summed E-state index contributed by atoms with van der Waals surface area (Å²) in [4.78, 5) is 0. The Bertz CT molecular complexity index is 1720. The lowest BCUT2D eigenvalue weighted by atomic mass is 9.77. The van der Waals surface area contributed by atoms with Gasteiger partial charge in [0.15, 0.2) is 29.1 Å². The third-order valence-corrected chi connectivity index (χ3v) is 7.67. The molecule has 0 aromatic heterocycles. The molecule has 10 N–H and O–H groups in total. The van der Waals surface area contributed by atoms with E-state index in [1.54, 1.807) is 0 Å². The van der Waals surface area contributed by atoms with Crippen LogP contribution in [0.1, 0.15) is 45.9 Å². The largest absolute Gasteiger partial charge is 0.508 e. The second-order valence-electron chi connectivity index (χ2n) is 10.3. The van der Waals surface area contributed by atoms with Crippen LogP contribution < -0.4 is 9.47 Å². The van der Waals surface area contributed by atoms with E-state index in [-0.39, 0.29) is 51.5 Å². The van der Waals surface area contributed by atoms with Crippen molar-refractivity contribution in [2.75, 3.05) is 0 Å². The van der Waals surface area contributed by atoms with Gasteiger partial charge in [-0.2, -0.15) is 0 Å². The molecule has 0 saturated heterocycles. The molecular weight excluding hydrogens is 552 g/mol. The Labute approximate surface area is 237 Å². The maximum atomic E-state index is 11.8. The van der Waals surface area contributed by atoms with Crippen LogP contribution in [0.3, 0.4) is 0 Å². The average molecular weight is 579 g/mol. The Kier molecular flexibility index (Phi) is 6.24. The number of benzene rings is 4. The van der Waals surface area contributed by atoms with Crippen molar-refractivity contribution in [3.63, 3.8) is 0 Å². The summed E-state index contributed by atoms with van der Waals surface area (Å²) in [7, 11) is 0. The number of phenolic OH excluding ortho intramolecular Hbond substituents is 8. The van der Waals surface area contributed by atoms with Crippen LogP contribution in [0, 0.1) is 0 Å². The lowest BCUT2D eigenvalue weighted by Gasteiger charge is -2.40. The minimum absolute atomic E-state index is 0.0312. The van der Waals surface area contributed by atoms with Gasteiger partial charge < -0.3 is 60.5 Å². The maximum Gasteiger partial charge on any atom is 0.157 e. The summed E-state index contributed by atoms with van der Waals surface area (Å²) in [5.41, 5.74) is 0.435. The fourth-order valence-electron chi connectivity index (χ4n) is 5.71. The summed E-state index contributed by atoms with van der Waals surface area (Å²) in [6, 6.07) is 10.8. The molecule has 0 fully saturated rings. The Morgan fingerprint density at radius 2 is 1.14 bits per heavy atom. The zero-order valence-electron chi connectivity index (χ0n) is 21.6. The summed E-state index contributed by atoms with van der Waals surface area (Å²) in [6.07, 6.45) is -5.43. The first kappa shape index (κ1) is 27.0. The van der Waals surface area contributed by atoms with E-state index in [2.05, 4.69) is 0 Å². The Hall–Kier alpha value is -5.20. The van der Waals surface area contributed by atoms with Crippen molar-refractivity contribution in [1.82, 2.24) is 0 Å². The van der Waals surface area contributed by atoms with Crippen molar-refractivity contribution >= 4 is 0 Å². The lowest BCUT2D eigenvalue weighted by Crippen LogP contribution is -2.36. The predicted molar refractivity (Wildman–Crippen MR) is 143 cm³/mol. The molecular formula is C30H26O12. The second-order valence-corrected chi connectivity index (χ2v) is 10.3. The zero-order valence-corrected chi connectivity index (χ0v) is 21.6. The lowest BCUT2D eigenvalue weighted by molar-refractivity contribution is 0.00115. The second kappa shape index (κ2) is 9.72. The number of rotatable bonds is 3. The minimum atomic E-state index is -1.59. The summed E-state index contributed by atoms with van der Waals surface area (Å²) in [6.45, 7) is 0. The molecule has 12 nitrogen and oxygen atoms in total. The molecule has 2 heterocycles. The van der Waals surface area contributed by atoms with E-state index in [9.17, 15) is 51.1 Å². The van der Waals surface area contributed by atoms with E-state index in [1.165, 1.54) is 42.5 Å². The monoisotopic (exact) mass is 578 g/mol. The van der Waals surface area contributed by atoms with Crippen molar-refractivity contribution in [3.8, 4) is 57.5 Å². The van der Waals surface area contributed by atoms with Crippen LogP contribution in [0.15, 0.2) is 54.6 Å². The van der Waals surface area contributed by atoms with Crippen LogP contribution in [0.5, 0.6) is 57.5 Å². The van der Waals surface area contributed by atoms with Gasteiger partial charge in [-0.25, -0.2) is 0 Å². The third kappa shape index (κ3) is 4.24. The quantitative estimate of drug-likeness (QED) is 0.159. The van der Waals surface area contributed by atoms with Crippen molar-refractivity contribution in [3.05, 3.63) is 82.4 Å². The van der Waals surface area contributed by atoms with Crippen LogP contribution in [0.25, 0.3) is 0 Å². The summed E-state index contributed by atoms with van der Waals surface area (Å²) in [5.74, 6) is -5.08. The number of fused-ring (bicyclic) bond motifs is 2. The molecule has 0 radical (unpaired) electrons. The van der Waals surface area contributed by atoms with Crippen molar-refractivity contribution in [2.45, 2.75) is 36.8 Å². The van der Waals surface area contributed by atoms with Crippen LogP contribution in [0.4, 0.5) is 0 Å². The van der Waals surface area contributed by atoms with Gasteiger partial charge in [-0.3, -0.25) is 0 Å². The molecule has 0 aliphatic carbocycles. The molecule has 4 aromatic rings. The van der Waals surface area contributed by atoms with Crippen molar-refractivity contribution in [2.24, 2.45) is 0 Å². The Balaban J connectivity index is 1.55. The highest BCUT2D eigenvalue weighted by Crippen LogP contribution is 2.57. The first-order valence-corrected chi connectivity index (χ1v) is 12.8. The topological polar surface area (TPSA) is 221 Å². The van der Waals surface area contributed by atoms with Crippen LogP contribution in [-0.2, 0) is 6.42 Å². The Morgan fingerprint density at radius 3 is 1.76 bits per heavy atom. The number of phenols is 8. The number of hydrogen-bond donors (Lipinski definition) is 10. The first-order chi connectivity index (χ1) is 19.9. The van der Waals surface area contributed by atoms with E-state index >= 15 is 0 Å². The molecule has 12 heteroatoms. The molecule has 0 amide bonds. The van der Waals surface area contributed by atoms with Crippen LogP contribution in [-0.4, -0.2) is 63.3 Å². The SMILES string of the molecule is Oc1cc(O)c2c(c1)O[C@H](c1ccc(O)c(O)c1)[C@@H](O)C2c1c(O)cc(O)c2c1O[C@H](c1ccc(O)c(O)c1)[C@H](O)C2. The molecule has 2 aliphatic rings. The molecule has 42 heavy (non-hydrogen) atoms. The molecule has 0 bridgehead atoms. The van der Waals surface area contributed by atoms with Crippen LogP contribution in [0.2, 0.25) is 0 Å². The molecule has 5 atom stereocenters. The van der Waals surface area contributed by atoms with Crippen molar-refractivity contribution < 1.29 is 60.5 Å². The van der Waals surface area contributed by atoms with Gasteiger partial charge in [0.2, 0.25) is 0 Å². The van der Waals surface area contributed by atoms with Gasteiger partial charge in [-0.05, 0) is 35.4 Å². The number of ether oxygens (including phenoxy) is 2. The van der Waals surface area contributed by atoms with Gasteiger partial charge in [-0.15, -0.1) is 0 Å². The number of hydrogen-bond acceptors (Lipinski definition) is 12. The fraction of sp³-hybridized carbons (Fsp3) is 0.200. The average Bonchev–Trinajstić information content (AvgIpc) is 2.93. The van der Waals surface area contributed by atoms with Gasteiger partial charge in [0.05, 0.1) is 12.0 Å². The molecule has 6 rings (SSSR count). The fourth-order valence-corrected chi connectivity index (χ4v) is 5.71. The summed E-state index contributed by atoms with van der Waals surface area (Å²) in [5, 5.41) is 105. The third-order valence-electron chi connectivity index (χ3n) is 7.67. The molecule has 1 unspecified atom stereocenters. The van der Waals surface area contributed by atoms with Crippen molar-refractivity contribution in [1.29, 1.82) is 0 Å². The first-order valence-electron chi connectivity index (χ1n) is 12.8. The predicted octanol–water partition coefficient (Wildman–Crippen LogP) is 3.00. The number of aliphatic hydroxyl groups excluding tert-OH is 2. The van der Waals surface area contributed by atoms with Gasteiger partial charge in [-0.1, -0.05) is 12.1 Å². The molecule has 0 saturated carbocycles. The molecule has 4 aromatic carbocycles. The molecule has 2 aliphatic heterocycles. The standard InChI is InChI=1S/C30H26O12/c31-13-7-20(37)24-23(8-13)41-29(12-2-4-16(33)19(36)6-12)27(40)26(24)25-21(38)10-17(34)14-9-22(39)28(42-30(14)25)11-1-3-15(32)18(35)5-11/h1-8,10,22,26-29,31-40H,9H2/t22-,26?,27+,28-,29-/m1/s1. The Morgan fingerprint density at radius 1 is 0.548 bits per heavy atom. The van der Waals surface area contributed by atoms with E-state index in [4.69, 9.17) is 9.47 Å². The highest BCUT2D eigenvalue weighted by Gasteiger charge is 2.46. The smallest absolute Gasteiger partial charge is 0.157 e. The van der Waals surface area contributed by atoms with E-state index < -0.39 is 70.6 Å². The zero-order chi connectivity index (χ0) is 30.0. The normalized spacial score (nSPS) is 22.9. The highest BCUT2D eigenvalue weighted by atomic mass is 16.5. The van der Waals surface area contributed by atoms with E-state index in [0.717, 1.165) is 12.1 Å².